The maximum atomic E-state index is 14.1. The van der Waals surface area contributed by atoms with Crippen LogP contribution in [0.4, 0.5) is 18.0 Å². The number of hydrogen-bond acceptors (Lipinski definition) is 6. The van der Waals surface area contributed by atoms with Crippen molar-refractivity contribution in [3.63, 3.8) is 0 Å². The largest absolute Gasteiger partial charge is 0.490 e. The molecule has 0 bridgehead atoms. The van der Waals surface area contributed by atoms with Crippen LogP contribution in [0.2, 0.25) is 0 Å². The van der Waals surface area contributed by atoms with Crippen LogP contribution in [0, 0.1) is 5.41 Å². The average molecular weight is 642 g/mol. The first-order valence-electron chi connectivity index (χ1n) is 14.1. The molecule has 1 saturated heterocycles. The molecule has 0 aromatic heterocycles. The molecule has 0 spiro atoms. The Labute approximate surface area is 263 Å². The van der Waals surface area contributed by atoms with E-state index in [0.717, 1.165) is 16.7 Å². The van der Waals surface area contributed by atoms with Crippen LogP contribution in [0.25, 0.3) is 0 Å². The van der Waals surface area contributed by atoms with Gasteiger partial charge in [0.25, 0.3) is 0 Å². The van der Waals surface area contributed by atoms with E-state index in [9.17, 15) is 27.6 Å². The van der Waals surface area contributed by atoms with Gasteiger partial charge in [0.15, 0.2) is 0 Å². The number of amides is 3. The number of carboxylic acid groups (broad SMARTS) is 1. The predicted molar refractivity (Wildman–Crippen MR) is 162 cm³/mol. The fraction of sp³-hybridized carbons (Fsp3) is 0.281. The van der Waals surface area contributed by atoms with Crippen LogP contribution in [0.15, 0.2) is 84.9 Å². The van der Waals surface area contributed by atoms with Crippen LogP contribution in [-0.4, -0.2) is 71.6 Å². The van der Waals surface area contributed by atoms with Gasteiger partial charge in [0.2, 0.25) is 11.8 Å². The Morgan fingerprint density at radius 3 is 1.96 bits per heavy atom. The fourth-order valence-electron chi connectivity index (χ4n) is 4.96. The standard InChI is InChI=1S/C30H33N5O4.C2HF3O2/c1-39-30(38)34-26(25(21-9-4-2-5-10-21)22-11-6-3-7-12-22)29(37)35-18-8-13-24(35)28(36)33-19-20-14-16-23(17-15-20)27(31)32;3-2(4,5)1(6)7/h2-7,9-12,14-17,24-26H,8,13,18-19H2,1H3,(H3,31,32)(H,33,36)(H,34,38);(H,6,7)/t24-,26+;/m0./s1. The lowest BCUT2D eigenvalue weighted by Gasteiger charge is -2.33. The highest BCUT2D eigenvalue weighted by atomic mass is 19.4. The topological polar surface area (TPSA) is 175 Å². The van der Waals surface area contributed by atoms with Crippen molar-refractivity contribution < 1.29 is 42.2 Å². The quantitative estimate of drug-likeness (QED) is 0.175. The number of nitrogens with zero attached hydrogens (tertiary/aromatic N) is 1. The van der Waals surface area contributed by atoms with Gasteiger partial charge in [0, 0.05) is 24.6 Å². The predicted octanol–water partition coefficient (Wildman–Crippen LogP) is 3.77. The third-order valence-corrected chi connectivity index (χ3v) is 7.19. The molecule has 1 heterocycles. The normalized spacial score (nSPS) is 14.8. The number of benzene rings is 3. The number of rotatable bonds is 9. The van der Waals surface area contributed by atoms with Crippen molar-refractivity contribution in [1.82, 2.24) is 15.5 Å². The second kappa shape index (κ2) is 16.1. The molecule has 3 amide bonds. The van der Waals surface area contributed by atoms with Gasteiger partial charge in [-0.1, -0.05) is 84.9 Å². The van der Waals surface area contributed by atoms with Crippen LogP contribution in [-0.2, 0) is 25.7 Å². The van der Waals surface area contributed by atoms with E-state index in [1.54, 1.807) is 29.2 Å². The van der Waals surface area contributed by atoms with E-state index >= 15 is 0 Å². The van der Waals surface area contributed by atoms with E-state index in [-0.39, 0.29) is 24.2 Å². The number of alkyl carbamates (subject to hydrolysis) is 1. The maximum absolute atomic E-state index is 14.1. The molecule has 11 nitrogen and oxygen atoms in total. The van der Waals surface area contributed by atoms with Crippen molar-refractivity contribution in [2.24, 2.45) is 5.73 Å². The fourth-order valence-corrected chi connectivity index (χ4v) is 4.96. The summed E-state index contributed by atoms with van der Waals surface area (Å²) in [7, 11) is 1.26. The smallest absolute Gasteiger partial charge is 0.475 e. The third-order valence-electron chi connectivity index (χ3n) is 7.19. The summed E-state index contributed by atoms with van der Waals surface area (Å²) in [6, 6.07) is 24.4. The van der Waals surface area contributed by atoms with Crippen molar-refractivity contribution in [2.75, 3.05) is 13.7 Å². The summed E-state index contributed by atoms with van der Waals surface area (Å²) in [5.41, 5.74) is 8.68. The summed E-state index contributed by atoms with van der Waals surface area (Å²) in [6.07, 6.45) is -4.62. The molecule has 0 aliphatic carbocycles. The van der Waals surface area contributed by atoms with Crippen LogP contribution in [0.5, 0.6) is 0 Å². The Morgan fingerprint density at radius 2 is 1.50 bits per heavy atom. The highest BCUT2D eigenvalue weighted by molar-refractivity contribution is 5.95. The van der Waals surface area contributed by atoms with E-state index in [1.807, 2.05) is 60.7 Å². The molecule has 1 aliphatic heterocycles. The van der Waals surface area contributed by atoms with Gasteiger partial charge in [-0.3, -0.25) is 15.0 Å². The van der Waals surface area contributed by atoms with Gasteiger partial charge in [0.05, 0.1) is 7.11 Å². The lowest BCUT2D eigenvalue weighted by atomic mass is 9.84. The molecule has 1 aliphatic rings. The molecule has 46 heavy (non-hydrogen) atoms. The third kappa shape index (κ3) is 9.55. The van der Waals surface area contributed by atoms with Gasteiger partial charge in [0.1, 0.15) is 17.9 Å². The van der Waals surface area contributed by atoms with Crippen molar-refractivity contribution >= 4 is 29.7 Å². The Balaban J connectivity index is 0.000000738. The number of carbonyl (C=O) groups is 4. The molecule has 2 atom stereocenters. The van der Waals surface area contributed by atoms with E-state index in [0.29, 0.717) is 24.9 Å². The van der Waals surface area contributed by atoms with Gasteiger partial charge < -0.3 is 31.1 Å². The van der Waals surface area contributed by atoms with Gasteiger partial charge in [-0.05, 0) is 29.5 Å². The molecular formula is C32H34F3N5O6. The Kier molecular flexibility index (Phi) is 12.3. The average Bonchev–Trinajstić information content (AvgIpc) is 3.54. The number of hydrogen-bond donors (Lipinski definition) is 5. The lowest BCUT2D eigenvalue weighted by molar-refractivity contribution is -0.192. The number of halogens is 3. The van der Waals surface area contributed by atoms with Gasteiger partial charge >= 0.3 is 18.2 Å². The summed E-state index contributed by atoms with van der Waals surface area (Å²) < 4.78 is 36.6. The number of carboxylic acids is 1. The maximum Gasteiger partial charge on any atom is 0.490 e. The molecule has 14 heteroatoms. The first-order valence-corrected chi connectivity index (χ1v) is 14.1. The SMILES string of the molecule is COC(=O)N[C@@H](C(=O)N1CCC[C@H]1C(=O)NCc1ccc(C(=N)N)cc1)C(c1ccccc1)c1ccccc1.O=C(O)C(F)(F)F. The van der Waals surface area contributed by atoms with Crippen LogP contribution in [0.3, 0.4) is 0 Å². The molecule has 244 valence electrons. The summed E-state index contributed by atoms with van der Waals surface area (Å²) in [6.45, 7) is 0.677. The minimum absolute atomic E-state index is 0.0230. The highest BCUT2D eigenvalue weighted by Gasteiger charge is 2.41. The minimum atomic E-state index is -5.08. The summed E-state index contributed by atoms with van der Waals surface area (Å²) in [5, 5.41) is 20.3. The number of amidine groups is 1. The second-order valence-electron chi connectivity index (χ2n) is 10.2. The Morgan fingerprint density at radius 1 is 0.978 bits per heavy atom. The number of carbonyl (C=O) groups excluding carboxylic acids is 3. The molecular weight excluding hydrogens is 607 g/mol. The molecule has 3 aromatic carbocycles. The number of alkyl halides is 3. The lowest BCUT2D eigenvalue weighted by Crippen LogP contribution is -2.55. The van der Waals surface area contributed by atoms with E-state index in [4.69, 9.17) is 25.8 Å². The first kappa shape index (κ1) is 35.1. The molecule has 6 N–H and O–H groups in total. The van der Waals surface area contributed by atoms with Gasteiger partial charge in [-0.25, -0.2) is 9.59 Å². The number of nitrogens with two attached hydrogens (primary N) is 1. The minimum Gasteiger partial charge on any atom is -0.475 e. The van der Waals surface area contributed by atoms with Gasteiger partial charge in [-0.2, -0.15) is 13.2 Å². The number of nitrogens with one attached hydrogen (secondary N) is 3. The van der Waals surface area contributed by atoms with Crippen molar-refractivity contribution in [3.8, 4) is 0 Å². The van der Waals surface area contributed by atoms with Crippen LogP contribution >= 0.6 is 0 Å². The molecule has 1 fully saturated rings. The monoisotopic (exact) mass is 641 g/mol. The zero-order chi connectivity index (χ0) is 33.9. The molecule has 4 rings (SSSR count). The summed E-state index contributed by atoms with van der Waals surface area (Å²) in [4.78, 5) is 50.3. The van der Waals surface area contributed by atoms with Crippen molar-refractivity contribution in [1.29, 1.82) is 5.41 Å². The summed E-state index contributed by atoms with van der Waals surface area (Å²) in [5.74, 6) is -3.88. The summed E-state index contributed by atoms with van der Waals surface area (Å²) >= 11 is 0. The molecule has 0 radical (unpaired) electrons. The highest BCUT2D eigenvalue weighted by Crippen LogP contribution is 2.31. The van der Waals surface area contributed by atoms with E-state index < -0.39 is 36.2 Å². The zero-order valence-electron chi connectivity index (χ0n) is 24.8. The number of aliphatic carboxylic acids is 1. The van der Waals surface area contributed by atoms with Gasteiger partial charge in [-0.15, -0.1) is 0 Å². The van der Waals surface area contributed by atoms with Crippen LogP contribution < -0.4 is 16.4 Å². The molecule has 0 unspecified atom stereocenters. The van der Waals surface area contributed by atoms with E-state index in [2.05, 4.69) is 10.6 Å². The number of likely N-dealkylation sites (tertiary alicyclic amines) is 1. The molecule has 0 saturated carbocycles. The van der Waals surface area contributed by atoms with Crippen molar-refractivity contribution in [2.45, 2.75) is 43.6 Å². The Hall–Kier alpha value is -5.40. The number of nitrogen functional groups attached to an aromatic ring is 1. The second-order valence-corrected chi connectivity index (χ2v) is 10.2. The molecule has 3 aromatic rings. The first-order chi connectivity index (χ1) is 21.8. The number of ether oxygens (including phenoxy) is 1. The Bertz CT molecular complexity index is 1460. The zero-order valence-corrected chi connectivity index (χ0v) is 24.8. The van der Waals surface area contributed by atoms with Crippen LogP contribution in [0.1, 0.15) is 41.0 Å². The number of methoxy groups -OCH3 is 1. The van der Waals surface area contributed by atoms with E-state index in [1.165, 1.54) is 7.11 Å². The van der Waals surface area contributed by atoms with Crippen molar-refractivity contribution in [3.05, 3.63) is 107 Å².